The number of hydrogen-bond donors (Lipinski definition) is 2. The number of hydrogen-bond acceptors (Lipinski definition) is 2. The summed E-state index contributed by atoms with van der Waals surface area (Å²) >= 11 is 0. The highest BCUT2D eigenvalue weighted by molar-refractivity contribution is 4.96. The van der Waals surface area contributed by atoms with Crippen LogP contribution in [0.5, 0.6) is 0 Å². The second-order valence-electron chi connectivity index (χ2n) is 6.06. The summed E-state index contributed by atoms with van der Waals surface area (Å²) < 4.78 is 0. The van der Waals surface area contributed by atoms with E-state index in [1.165, 1.54) is 0 Å². The number of nitrogens with one attached hydrogen (secondary N) is 1. The normalized spacial score (nSPS) is 36.0. The van der Waals surface area contributed by atoms with Gasteiger partial charge in [-0.3, -0.25) is 0 Å². The molecular weight excluding hydrogens is 174 g/mol. The van der Waals surface area contributed by atoms with Crippen LogP contribution in [0.2, 0.25) is 0 Å². The molecule has 0 aromatic heterocycles. The molecule has 0 aromatic rings. The first-order valence-electron chi connectivity index (χ1n) is 5.72. The Bertz CT molecular complexity index is 193. The minimum atomic E-state index is -0.500. The van der Waals surface area contributed by atoms with Gasteiger partial charge in [0.2, 0.25) is 0 Å². The van der Waals surface area contributed by atoms with E-state index in [1.54, 1.807) is 0 Å². The van der Waals surface area contributed by atoms with Crippen molar-refractivity contribution in [2.75, 3.05) is 0 Å². The van der Waals surface area contributed by atoms with E-state index in [-0.39, 0.29) is 11.5 Å². The summed E-state index contributed by atoms with van der Waals surface area (Å²) in [5.41, 5.74) is -0.238. The Labute approximate surface area is 88.1 Å². The summed E-state index contributed by atoms with van der Waals surface area (Å²) in [6, 6.07) is 0.716. The highest BCUT2D eigenvalue weighted by atomic mass is 16.3. The van der Waals surface area contributed by atoms with Gasteiger partial charge >= 0.3 is 0 Å². The van der Waals surface area contributed by atoms with Gasteiger partial charge in [-0.05, 0) is 38.5 Å². The van der Waals surface area contributed by atoms with Crippen molar-refractivity contribution >= 4 is 0 Å². The Morgan fingerprint density at radius 1 is 1.43 bits per heavy atom. The Morgan fingerprint density at radius 2 is 2.00 bits per heavy atom. The first-order valence-corrected chi connectivity index (χ1v) is 5.72. The van der Waals surface area contributed by atoms with Crippen molar-refractivity contribution in [1.82, 2.24) is 5.32 Å². The number of rotatable bonds is 2. The van der Waals surface area contributed by atoms with Crippen LogP contribution in [0.4, 0.5) is 0 Å². The van der Waals surface area contributed by atoms with Crippen molar-refractivity contribution in [2.45, 2.75) is 71.6 Å². The van der Waals surface area contributed by atoms with Crippen LogP contribution in [0.1, 0.15) is 53.9 Å². The van der Waals surface area contributed by atoms with Gasteiger partial charge in [-0.25, -0.2) is 0 Å². The lowest BCUT2D eigenvalue weighted by atomic mass is 9.86. The van der Waals surface area contributed by atoms with E-state index in [0.29, 0.717) is 6.04 Å². The topological polar surface area (TPSA) is 32.3 Å². The van der Waals surface area contributed by atoms with Gasteiger partial charge in [0.15, 0.2) is 0 Å². The maximum absolute atomic E-state index is 10.1. The fourth-order valence-electron chi connectivity index (χ4n) is 1.96. The molecule has 0 spiro atoms. The maximum atomic E-state index is 10.1. The fraction of sp³-hybridized carbons (Fsp3) is 1.00. The molecule has 1 aliphatic carbocycles. The molecule has 2 heteroatoms. The molecule has 0 aliphatic heterocycles. The van der Waals surface area contributed by atoms with Crippen LogP contribution in [0.3, 0.4) is 0 Å². The van der Waals surface area contributed by atoms with Crippen LogP contribution < -0.4 is 5.32 Å². The van der Waals surface area contributed by atoms with E-state index >= 15 is 0 Å². The Kier molecular flexibility index (Phi) is 3.27. The average Bonchev–Trinajstić information content (AvgIpc) is 2.29. The van der Waals surface area contributed by atoms with Crippen LogP contribution in [0.25, 0.3) is 0 Å². The first kappa shape index (κ1) is 12.0. The third kappa shape index (κ3) is 2.71. The molecule has 0 saturated heterocycles. The van der Waals surface area contributed by atoms with E-state index in [9.17, 15) is 5.11 Å². The molecule has 1 fully saturated rings. The molecule has 2 N–H and O–H groups in total. The van der Waals surface area contributed by atoms with Crippen LogP contribution in [-0.2, 0) is 0 Å². The van der Waals surface area contributed by atoms with Crippen molar-refractivity contribution in [3.8, 4) is 0 Å². The van der Waals surface area contributed by atoms with E-state index in [2.05, 4.69) is 33.0 Å². The third-order valence-electron chi connectivity index (χ3n) is 3.68. The highest BCUT2D eigenvalue weighted by Gasteiger charge is 2.38. The molecule has 0 heterocycles. The molecule has 14 heavy (non-hydrogen) atoms. The Balaban J connectivity index is 2.52. The van der Waals surface area contributed by atoms with Gasteiger partial charge < -0.3 is 10.4 Å². The van der Waals surface area contributed by atoms with Crippen LogP contribution in [0, 0.1) is 5.41 Å². The summed E-state index contributed by atoms with van der Waals surface area (Å²) in [5, 5.41) is 13.7. The molecule has 1 aliphatic rings. The monoisotopic (exact) mass is 199 g/mol. The highest BCUT2D eigenvalue weighted by Crippen LogP contribution is 2.31. The molecule has 0 aromatic carbocycles. The zero-order valence-corrected chi connectivity index (χ0v) is 10.2. The zero-order chi connectivity index (χ0) is 11.0. The smallest absolute Gasteiger partial charge is 0.0772 e. The lowest BCUT2D eigenvalue weighted by molar-refractivity contribution is 0.0302. The average molecular weight is 199 g/mol. The van der Waals surface area contributed by atoms with Gasteiger partial charge in [-0.15, -0.1) is 0 Å². The molecular formula is C12H25NO. The molecule has 0 amide bonds. The minimum absolute atomic E-state index is 0.263. The molecule has 84 valence electrons. The summed E-state index contributed by atoms with van der Waals surface area (Å²) in [7, 11) is 0. The standard InChI is InChI=1S/C12H25NO/c1-9(11(2,3)4)13-10-7-6-8-12(10,5)14/h9-10,13-14H,6-8H2,1-5H3. The van der Waals surface area contributed by atoms with Gasteiger partial charge in [-0.2, -0.15) is 0 Å². The second-order valence-corrected chi connectivity index (χ2v) is 6.06. The van der Waals surface area contributed by atoms with E-state index < -0.39 is 5.60 Å². The lowest BCUT2D eigenvalue weighted by Crippen LogP contribution is -2.51. The van der Waals surface area contributed by atoms with Crippen LogP contribution >= 0.6 is 0 Å². The molecule has 0 bridgehead atoms. The predicted molar refractivity (Wildman–Crippen MR) is 60.3 cm³/mol. The summed E-state index contributed by atoms with van der Waals surface area (Å²) in [4.78, 5) is 0. The van der Waals surface area contributed by atoms with Gasteiger partial charge in [0, 0.05) is 12.1 Å². The zero-order valence-electron chi connectivity index (χ0n) is 10.2. The Hall–Kier alpha value is -0.0800. The lowest BCUT2D eigenvalue weighted by Gasteiger charge is -2.35. The van der Waals surface area contributed by atoms with Crippen molar-refractivity contribution in [1.29, 1.82) is 0 Å². The summed E-state index contributed by atoms with van der Waals surface area (Å²) in [5.74, 6) is 0. The van der Waals surface area contributed by atoms with E-state index in [0.717, 1.165) is 19.3 Å². The van der Waals surface area contributed by atoms with Gasteiger partial charge in [0.05, 0.1) is 5.60 Å². The minimum Gasteiger partial charge on any atom is -0.389 e. The van der Waals surface area contributed by atoms with E-state index in [1.807, 2.05) is 6.92 Å². The Morgan fingerprint density at radius 3 is 2.36 bits per heavy atom. The predicted octanol–water partition coefficient (Wildman–Crippen LogP) is 2.31. The maximum Gasteiger partial charge on any atom is 0.0772 e. The van der Waals surface area contributed by atoms with Gasteiger partial charge in [0.1, 0.15) is 0 Å². The molecule has 3 unspecified atom stereocenters. The molecule has 1 rings (SSSR count). The number of aliphatic hydroxyl groups is 1. The molecule has 0 radical (unpaired) electrons. The van der Waals surface area contributed by atoms with Crippen LogP contribution in [0.15, 0.2) is 0 Å². The van der Waals surface area contributed by atoms with Crippen molar-refractivity contribution in [3.63, 3.8) is 0 Å². The molecule has 2 nitrogen and oxygen atoms in total. The van der Waals surface area contributed by atoms with Gasteiger partial charge in [-0.1, -0.05) is 20.8 Å². The van der Waals surface area contributed by atoms with Crippen molar-refractivity contribution < 1.29 is 5.11 Å². The quantitative estimate of drug-likeness (QED) is 0.715. The second kappa shape index (κ2) is 3.82. The largest absolute Gasteiger partial charge is 0.389 e. The SMILES string of the molecule is CC(NC1CCCC1(C)O)C(C)(C)C. The molecule has 1 saturated carbocycles. The van der Waals surface area contributed by atoms with E-state index in [4.69, 9.17) is 0 Å². The first-order chi connectivity index (χ1) is 6.23. The third-order valence-corrected chi connectivity index (χ3v) is 3.68. The van der Waals surface area contributed by atoms with Gasteiger partial charge in [0.25, 0.3) is 0 Å². The van der Waals surface area contributed by atoms with Crippen molar-refractivity contribution in [3.05, 3.63) is 0 Å². The summed E-state index contributed by atoms with van der Waals surface area (Å²) in [6.45, 7) is 10.8. The van der Waals surface area contributed by atoms with Crippen molar-refractivity contribution in [2.24, 2.45) is 5.41 Å². The summed E-state index contributed by atoms with van der Waals surface area (Å²) in [6.07, 6.45) is 3.18. The fourth-order valence-corrected chi connectivity index (χ4v) is 1.96. The molecule has 3 atom stereocenters. The van der Waals surface area contributed by atoms with Crippen LogP contribution in [-0.4, -0.2) is 22.8 Å².